The minimum absolute atomic E-state index is 0.0578. The molecule has 10 heteroatoms. The van der Waals surface area contributed by atoms with E-state index in [1.807, 2.05) is 31.2 Å². The molecule has 1 amide bonds. The van der Waals surface area contributed by atoms with Gasteiger partial charge in [-0.25, -0.2) is 4.98 Å². The molecule has 9 nitrogen and oxygen atoms in total. The first kappa shape index (κ1) is 23.3. The number of anilines is 5. The summed E-state index contributed by atoms with van der Waals surface area (Å²) < 4.78 is 0. The van der Waals surface area contributed by atoms with Crippen molar-refractivity contribution < 1.29 is 4.79 Å². The predicted molar refractivity (Wildman–Crippen MR) is 144 cm³/mol. The Kier molecular flexibility index (Phi) is 5.89. The highest BCUT2D eigenvalue weighted by Crippen LogP contribution is 2.42. The minimum Gasteiger partial charge on any atom is -0.340 e. The molecule has 0 radical (unpaired) electrons. The van der Waals surface area contributed by atoms with Gasteiger partial charge in [0.1, 0.15) is 11.7 Å². The first-order chi connectivity index (χ1) is 18.0. The van der Waals surface area contributed by atoms with Crippen molar-refractivity contribution >= 4 is 57.2 Å². The van der Waals surface area contributed by atoms with Crippen molar-refractivity contribution in [1.29, 1.82) is 5.26 Å². The van der Waals surface area contributed by atoms with E-state index < -0.39 is 6.04 Å². The summed E-state index contributed by atoms with van der Waals surface area (Å²) >= 11 is 6.21. The molecule has 6 rings (SSSR count). The number of rotatable bonds is 4. The van der Waals surface area contributed by atoms with E-state index in [9.17, 15) is 10.1 Å². The number of carbonyl (C=O) groups excluding carboxylic acids is 1. The van der Waals surface area contributed by atoms with Gasteiger partial charge in [-0.1, -0.05) is 36.9 Å². The van der Waals surface area contributed by atoms with Crippen molar-refractivity contribution in [2.75, 3.05) is 15.1 Å². The fourth-order valence-corrected chi connectivity index (χ4v) is 5.60. The third-order valence-electron chi connectivity index (χ3n) is 7.20. The van der Waals surface area contributed by atoms with Gasteiger partial charge in [0, 0.05) is 17.1 Å². The van der Waals surface area contributed by atoms with E-state index in [1.54, 1.807) is 29.3 Å². The highest BCUT2D eigenvalue weighted by atomic mass is 35.5. The van der Waals surface area contributed by atoms with Crippen molar-refractivity contribution in [2.45, 2.75) is 51.1 Å². The highest BCUT2D eigenvalue weighted by Gasteiger charge is 2.41. The van der Waals surface area contributed by atoms with E-state index >= 15 is 0 Å². The molecule has 1 atom stereocenters. The zero-order valence-corrected chi connectivity index (χ0v) is 21.0. The van der Waals surface area contributed by atoms with Crippen molar-refractivity contribution in [2.24, 2.45) is 0 Å². The summed E-state index contributed by atoms with van der Waals surface area (Å²) in [5.74, 6) is 1.07. The lowest BCUT2D eigenvalue weighted by Crippen LogP contribution is -2.55. The first-order valence-corrected chi connectivity index (χ1v) is 12.8. The largest absolute Gasteiger partial charge is 0.340 e. The maximum Gasteiger partial charge on any atom is 0.254 e. The van der Waals surface area contributed by atoms with E-state index in [-0.39, 0.29) is 11.9 Å². The van der Waals surface area contributed by atoms with Crippen molar-refractivity contribution in [1.82, 2.24) is 20.2 Å². The molecule has 1 saturated carbocycles. The monoisotopic (exact) mass is 512 g/mol. The molecule has 0 unspecified atom stereocenters. The molecular formula is C27H25ClN8O. The number of aromatic amines is 1. The van der Waals surface area contributed by atoms with Gasteiger partial charge in [0.2, 0.25) is 5.95 Å². The number of nitrogens with one attached hydrogen (secondary N) is 2. The molecule has 0 saturated heterocycles. The van der Waals surface area contributed by atoms with Crippen LogP contribution in [0.5, 0.6) is 0 Å². The van der Waals surface area contributed by atoms with Crippen LogP contribution in [0.2, 0.25) is 5.15 Å². The number of nitriles is 1. The van der Waals surface area contributed by atoms with Crippen LogP contribution in [-0.2, 0) is 4.79 Å². The maximum absolute atomic E-state index is 13.8. The Labute approximate surface area is 219 Å². The molecule has 1 aliphatic heterocycles. The fraction of sp³-hybridized carbons (Fsp3) is 0.296. The molecule has 37 heavy (non-hydrogen) atoms. The summed E-state index contributed by atoms with van der Waals surface area (Å²) in [5, 5.41) is 20.9. The quantitative estimate of drug-likeness (QED) is 0.353. The standard InChI is InChI=1S/C27H25ClN8O/c1-16-26(37)36(20-9-5-6-17(12-20)14-29)23-15-30-27(32-25(23)35(16)19-7-3-2-4-8-19)31-18-10-11-22-21(13-18)24(28)34-33-22/h5-6,9-13,15-16,19H,2-4,7-8H2,1H3,(H,33,34)(H,30,31,32)/t16-/m1/s1. The summed E-state index contributed by atoms with van der Waals surface area (Å²) in [7, 11) is 0. The van der Waals surface area contributed by atoms with Crippen molar-refractivity contribution in [3.05, 3.63) is 59.4 Å². The van der Waals surface area contributed by atoms with Crippen LogP contribution in [0, 0.1) is 11.3 Å². The van der Waals surface area contributed by atoms with Gasteiger partial charge in [0.25, 0.3) is 5.91 Å². The number of H-pyrrole nitrogens is 1. The fourth-order valence-electron chi connectivity index (χ4n) is 5.40. The van der Waals surface area contributed by atoms with Gasteiger partial charge in [-0.2, -0.15) is 15.3 Å². The topological polar surface area (TPSA) is 114 Å². The van der Waals surface area contributed by atoms with Crippen molar-refractivity contribution in [3.63, 3.8) is 0 Å². The van der Waals surface area contributed by atoms with Gasteiger partial charge in [-0.3, -0.25) is 14.8 Å². The lowest BCUT2D eigenvalue weighted by atomic mass is 9.92. The van der Waals surface area contributed by atoms with Crippen LogP contribution in [-0.4, -0.2) is 38.2 Å². The molecule has 2 aliphatic rings. The Morgan fingerprint density at radius 3 is 2.81 bits per heavy atom. The van der Waals surface area contributed by atoms with Crippen molar-refractivity contribution in [3.8, 4) is 6.07 Å². The van der Waals surface area contributed by atoms with E-state index in [0.29, 0.717) is 33.9 Å². The molecule has 1 fully saturated rings. The molecule has 0 bridgehead atoms. The van der Waals surface area contributed by atoms with Gasteiger partial charge in [-0.15, -0.1) is 0 Å². The summed E-state index contributed by atoms with van der Waals surface area (Å²) in [4.78, 5) is 27.1. The zero-order valence-electron chi connectivity index (χ0n) is 20.3. The third kappa shape index (κ3) is 4.13. The number of hydrogen-bond donors (Lipinski definition) is 2. The van der Waals surface area contributed by atoms with Crippen LogP contribution >= 0.6 is 11.6 Å². The number of halogens is 1. The molecule has 2 N–H and O–H groups in total. The number of fused-ring (bicyclic) bond motifs is 2. The maximum atomic E-state index is 13.8. The molecule has 0 spiro atoms. The smallest absolute Gasteiger partial charge is 0.254 e. The van der Waals surface area contributed by atoms with Crippen LogP contribution in [0.4, 0.5) is 28.8 Å². The molecule has 186 valence electrons. The Morgan fingerprint density at radius 2 is 2.00 bits per heavy atom. The van der Waals surface area contributed by atoms with Gasteiger partial charge in [0.05, 0.1) is 29.0 Å². The summed E-state index contributed by atoms with van der Waals surface area (Å²) in [5.41, 5.74) is 3.35. The Balaban J connectivity index is 1.44. The Hall–Kier alpha value is -4.16. The number of amides is 1. The van der Waals surface area contributed by atoms with Crippen LogP contribution in [0.25, 0.3) is 10.9 Å². The lowest BCUT2D eigenvalue weighted by molar-refractivity contribution is -0.119. The molecular weight excluding hydrogens is 488 g/mol. The second-order valence-corrected chi connectivity index (χ2v) is 9.87. The second-order valence-electron chi connectivity index (χ2n) is 9.51. The van der Waals surface area contributed by atoms with E-state index in [0.717, 1.165) is 42.3 Å². The summed E-state index contributed by atoms with van der Waals surface area (Å²) in [6.45, 7) is 1.94. The first-order valence-electron chi connectivity index (χ1n) is 12.4. The number of carbonyl (C=O) groups is 1. The van der Waals surface area contributed by atoms with Crippen LogP contribution in [0.3, 0.4) is 0 Å². The molecule has 3 heterocycles. The average Bonchev–Trinajstić information content (AvgIpc) is 3.30. The average molecular weight is 513 g/mol. The predicted octanol–water partition coefficient (Wildman–Crippen LogP) is 5.83. The van der Waals surface area contributed by atoms with Gasteiger partial charge < -0.3 is 10.2 Å². The van der Waals surface area contributed by atoms with Crippen LogP contribution < -0.4 is 15.1 Å². The SMILES string of the molecule is C[C@@H]1C(=O)N(c2cccc(C#N)c2)c2cnc(Nc3ccc4[nH]nc(Cl)c4c3)nc2N1C1CCCCC1. The minimum atomic E-state index is -0.412. The Morgan fingerprint density at radius 1 is 1.16 bits per heavy atom. The summed E-state index contributed by atoms with van der Waals surface area (Å²) in [6, 6.07) is 14.7. The van der Waals surface area contributed by atoms with Gasteiger partial charge >= 0.3 is 0 Å². The van der Waals surface area contributed by atoms with E-state index in [4.69, 9.17) is 16.6 Å². The van der Waals surface area contributed by atoms with Gasteiger partial charge in [-0.05, 0) is 56.2 Å². The summed E-state index contributed by atoms with van der Waals surface area (Å²) in [6.07, 6.45) is 7.20. The molecule has 4 aromatic rings. The normalized spacial score (nSPS) is 18.1. The third-order valence-corrected chi connectivity index (χ3v) is 7.49. The second kappa shape index (κ2) is 9.37. The van der Waals surface area contributed by atoms with Crippen LogP contribution in [0.1, 0.15) is 44.6 Å². The molecule has 2 aromatic heterocycles. The number of aromatic nitrogens is 4. The number of hydrogen-bond acceptors (Lipinski definition) is 7. The highest BCUT2D eigenvalue weighted by molar-refractivity contribution is 6.34. The van der Waals surface area contributed by atoms with Crippen LogP contribution in [0.15, 0.2) is 48.7 Å². The molecule has 2 aromatic carbocycles. The Bertz CT molecular complexity index is 1540. The molecule has 1 aliphatic carbocycles. The number of nitrogens with zero attached hydrogens (tertiary/aromatic N) is 6. The lowest BCUT2D eigenvalue weighted by Gasteiger charge is -2.45. The number of benzene rings is 2. The van der Waals surface area contributed by atoms with E-state index in [1.165, 1.54) is 6.42 Å². The van der Waals surface area contributed by atoms with E-state index in [2.05, 4.69) is 31.5 Å². The van der Waals surface area contributed by atoms with Gasteiger partial charge in [0.15, 0.2) is 11.0 Å². The zero-order chi connectivity index (χ0) is 25.5.